The van der Waals surface area contributed by atoms with Crippen LogP contribution in [0.25, 0.3) is 0 Å². The van der Waals surface area contributed by atoms with Crippen molar-refractivity contribution in [2.45, 2.75) is 13.1 Å². The molecule has 2 aromatic rings. The van der Waals surface area contributed by atoms with Gasteiger partial charge in [-0.05, 0) is 17.7 Å². The van der Waals surface area contributed by atoms with Crippen LogP contribution in [-0.4, -0.2) is 21.0 Å². The zero-order valence-electron chi connectivity index (χ0n) is 10.0. The maximum absolute atomic E-state index is 11.0. The fourth-order valence-corrected chi connectivity index (χ4v) is 1.87. The molecule has 1 heterocycles. The van der Waals surface area contributed by atoms with Gasteiger partial charge in [0.25, 0.3) is 0 Å². The van der Waals surface area contributed by atoms with Gasteiger partial charge in [0.1, 0.15) is 11.9 Å². The SMILES string of the molecule is O=C(O)c1cncnc1CNCc1ccc(Br)cc1. The molecule has 1 aromatic carbocycles. The zero-order valence-corrected chi connectivity index (χ0v) is 11.6. The third-order valence-electron chi connectivity index (χ3n) is 2.56. The van der Waals surface area contributed by atoms with Gasteiger partial charge in [-0.1, -0.05) is 28.1 Å². The van der Waals surface area contributed by atoms with Crippen LogP contribution in [0.4, 0.5) is 0 Å². The monoisotopic (exact) mass is 321 g/mol. The second-order valence-corrected chi connectivity index (χ2v) is 4.83. The minimum absolute atomic E-state index is 0.130. The van der Waals surface area contributed by atoms with Crippen molar-refractivity contribution < 1.29 is 9.90 Å². The van der Waals surface area contributed by atoms with Gasteiger partial charge >= 0.3 is 5.97 Å². The van der Waals surface area contributed by atoms with Gasteiger partial charge in [-0.25, -0.2) is 14.8 Å². The van der Waals surface area contributed by atoms with E-state index in [-0.39, 0.29) is 5.56 Å². The normalized spacial score (nSPS) is 10.4. The fraction of sp³-hybridized carbons (Fsp3) is 0.154. The summed E-state index contributed by atoms with van der Waals surface area (Å²) in [7, 11) is 0. The van der Waals surface area contributed by atoms with E-state index in [0.717, 1.165) is 10.0 Å². The Labute approximate surface area is 118 Å². The Kier molecular flexibility index (Phi) is 4.59. The number of hydrogen-bond donors (Lipinski definition) is 2. The van der Waals surface area contributed by atoms with Crippen LogP contribution in [0, 0.1) is 0 Å². The summed E-state index contributed by atoms with van der Waals surface area (Å²) < 4.78 is 1.03. The standard InChI is InChI=1S/C13H12BrN3O2/c14-10-3-1-9(2-4-10)5-15-7-12-11(13(18)19)6-16-8-17-12/h1-4,6,8,15H,5,7H2,(H,18,19). The number of rotatable bonds is 5. The van der Waals surface area contributed by atoms with Crippen LogP contribution in [0.1, 0.15) is 21.6 Å². The van der Waals surface area contributed by atoms with Gasteiger partial charge in [0.2, 0.25) is 0 Å². The number of nitrogens with zero attached hydrogens (tertiary/aromatic N) is 2. The highest BCUT2D eigenvalue weighted by Gasteiger charge is 2.10. The van der Waals surface area contributed by atoms with Gasteiger partial charge < -0.3 is 10.4 Å². The highest BCUT2D eigenvalue weighted by atomic mass is 79.9. The minimum atomic E-state index is -1.01. The van der Waals surface area contributed by atoms with Gasteiger partial charge in [-0.3, -0.25) is 0 Å². The van der Waals surface area contributed by atoms with Crippen LogP contribution in [0.15, 0.2) is 41.3 Å². The highest BCUT2D eigenvalue weighted by Crippen LogP contribution is 2.10. The summed E-state index contributed by atoms with van der Waals surface area (Å²) in [6.45, 7) is 1.04. The fourth-order valence-electron chi connectivity index (χ4n) is 1.60. The van der Waals surface area contributed by atoms with E-state index in [9.17, 15) is 4.79 Å². The summed E-state index contributed by atoms with van der Waals surface area (Å²) in [5, 5.41) is 12.2. The van der Waals surface area contributed by atoms with Gasteiger partial charge in [0.15, 0.2) is 0 Å². The van der Waals surface area contributed by atoms with Crippen LogP contribution >= 0.6 is 15.9 Å². The maximum atomic E-state index is 11.0. The first-order chi connectivity index (χ1) is 9.16. The van der Waals surface area contributed by atoms with E-state index in [0.29, 0.717) is 18.8 Å². The quantitative estimate of drug-likeness (QED) is 0.883. The lowest BCUT2D eigenvalue weighted by atomic mass is 10.2. The predicted octanol–water partition coefficient (Wildman–Crippen LogP) is 2.23. The molecular weight excluding hydrogens is 310 g/mol. The molecule has 2 rings (SSSR count). The topological polar surface area (TPSA) is 75.1 Å². The molecule has 0 saturated heterocycles. The Morgan fingerprint density at radius 1 is 1.26 bits per heavy atom. The number of halogens is 1. The largest absolute Gasteiger partial charge is 0.478 e. The van der Waals surface area contributed by atoms with Gasteiger partial charge in [0, 0.05) is 23.8 Å². The first-order valence-electron chi connectivity index (χ1n) is 5.64. The van der Waals surface area contributed by atoms with Crippen LogP contribution in [0.3, 0.4) is 0 Å². The second-order valence-electron chi connectivity index (χ2n) is 3.92. The van der Waals surface area contributed by atoms with Crippen molar-refractivity contribution in [3.63, 3.8) is 0 Å². The smallest absolute Gasteiger partial charge is 0.339 e. The third kappa shape index (κ3) is 3.84. The second kappa shape index (κ2) is 6.40. The third-order valence-corrected chi connectivity index (χ3v) is 3.09. The Morgan fingerprint density at radius 3 is 2.68 bits per heavy atom. The number of benzene rings is 1. The van der Waals surface area contributed by atoms with E-state index >= 15 is 0 Å². The van der Waals surface area contributed by atoms with Crippen LogP contribution in [-0.2, 0) is 13.1 Å². The summed E-state index contributed by atoms with van der Waals surface area (Å²) >= 11 is 3.37. The Hall–Kier alpha value is -1.79. The van der Waals surface area contributed by atoms with Crippen molar-refractivity contribution in [3.05, 3.63) is 58.1 Å². The summed E-state index contributed by atoms with van der Waals surface area (Å²) in [5.41, 5.74) is 1.74. The Balaban J connectivity index is 1.96. The van der Waals surface area contributed by atoms with E-state index in [2.05, 4.69) is 31.2 Å². The van der Waals surface area contributed by atoms with Crippen LogP contribution < -0.4 is 5.32 Å². The molecule has 1 aromatic heterocycles. The molecule has 0 spiro atoms. The number of aromatic nitrogens is 2. The Morgan fingerprint density at radius 2 is 2.00 bits per heavy atom. The number of nitrogens with one attached hydrogen (secondary N) is 1. The first-order valence-corrected chi connectivity index (χ1v) is 6.43. The molecule has 0 atom stereocenters. The lowest BCUT2D eigenvalue weighted by Crippen LogP contribution is -2.17. The summed E-state index contributed by atoms with van der Waals surface area (Å²) in [4.78, 5) is 18.7. The van der Waals surface area contributed by atoms with E-state index in [1.807, 2.05) is 24.3 Å². The van der Waals surface area contributed by atoms with E-state index < -0.39 is 5.97 Å². The van der Waals surface area contributed by atoms with E-state index in [4.69, 9.17) is 5.11 Å². The average molecular weight is 322 g/mol. The molecule has 19 heavy (non-hydrogen) atoms. The lowest BCUT2D eigenvalue weighted by molar-refractivity contribution is 0.0694. The first kappa shape index (κ1) is 13.6. The molecule has 2 N–H and O–H groups in total. The molecule has 0 unspecified atom stereocenters. The van der Waals surface area contributed by atoms with Crippen molar-refractivity contribution in [2.24, 2.45) is 0 Å². The molecule has 0 radical (unpaired) electrons. The summed E-state index contributed by atoms with van der Waals surface area (Å²) in [6, 6.07) is 7.92. The van der Waals surface area contributed by atoms with E-state index in [1.165, 1.54) is 12.5 Å². The van der Waals surface area contributed by atoms with Crippen molar-refractivity contribution in [3.8, 4) is 0 Å². The summed E-state index contributed by atoms with van der Waals surface area (Å²) in [6.07, 6.45) is 2.66. The number of carboxylic acid groups (broad SMARTS) is 1. The van der Waals surface area contributed by atoms with Crippen molar-refractivity contribution >= 4 is 21.9 Å². The average Bonchev–Trinajstić information content (AvgIpc) is 2.41. The molecule has 0 aliphatic rings. The Bertz CT molecular complexity index is 572. The van der Waals surface area contributed by atoms with Crippen molar-refractivity contribution in [1.82, 2.24) is 15.3 Å². The number of aromatic carboxylic acids is 1. The minimum Gasteiger partial charge on any atom is -0.478 e. The molecule has 98 valence electrons. The predicted molar refractivity (Wildman–Crippen MR) is 73.7 cm³/mol. The van der Waals surface area contributed by atoms with Crippen molar-refractivity contribution in [1.29, 1.82) is 0 Å². The number of carbonyl (C=O) groups is 1. The molecule has 0 amide bonds. The van der Waals surface area contributed by atoms with E-state index in [1.54, 1.807) is 0 Å². The molecule has 0 aliphatic heterocycles. The molecular formula is C13H12BrN3O2. The maximum Gasteiger partial charge on any atom is 0.339 e. The highest BCUT2D eigenvalue weighted by molar-refractivity contribution is 9.10. The van der Waals surface area contributed by atoms with Crippen molar-refractivity contribution in [2.75, 3.05) is 0 Å². The lowest BCUT2D eigenvalue weighted by Gasteiger charge is -2.06. The molecule has 0 aliphatic carbocycles. The molecule has 0 saturated carbocycles. The van der Waals surface area contributed by atoms with Gasteiger partial charge in [0.05, 0.1) is 5.69 Å². The molecule has 6 heteroatoms. The van der Waals surface area contributed by atoms with Gasteiger partial charge in [-0.2, -0.15) is 0 Å². The zero-order chi connectivity index (χ0) is 13.7. The summed E-state index contributed by atoms with van der Waals surface area (Å²) in [5.74, 6) is -1.01. The molecule has 0 fully saturated rings. The van der Waals surface area contributed by atoms with Crippen LogP contribution in [0.5, 0.6) is 0 Å². The van der Waals surface area contributed by atoms with Crippen LogP contribution in [0.2, 0.25) is 0 Å². The molecule has 5 nitrogen and oxygen atoms in total. The van der Waals surface area contributed by atoms with Gasteiger partial charge in [-0.15, -0.1) is 0 Å². The number of hydrogen-bond acceptors (Lipinski definition) is 4. The number of carboxylic acids is 1. The molecule has 0 bridgehead atoms.